The number of ether oxygens (including phenoxy) is 1. The summed E-state index contributed by atoms with van der Waals surface area (Å²) in [5.41, 5.74) is 0. The molecule has 0 aromatic carbocycles. The maximum atomic E-state index is 12.0. The molecule has 2 aliphatic heterocycles. The van der Waals surface area contributed by atoms with Crippen molar-refractivity contribution in [2.45, 2.75) is 43.5 Å². The van der Waals surface area contributed by atoms with Gasteiger partial charge in [-0.25, -0.2) is 0 Å². The number of amides is 1. The van der Waals surface area contributed by atoms with E-state index >= 15 is 0 Å². The molecule has 4 heteroatoms. The fourth-order valence-electron chi connectivity index (χ4n) is 3.08. The van der Waals surface area contributed by atoms with Crippen LogP contribution in [0.4, 0.5) is 0 Å². The summed E-state index contributed by atoms with van der Waals surface area (Å²) in [6.45, 7) is 4.81. The van der Waals surface area contributed by atoms with Gasteiger partial charge in [-0.15, -0.1) is 11.8 Å². The van der Waals surface area contributed by atoms with Gasteiger partial charge in [0, 0.05) is 31.4 Å². The van der Waals surface area contributed by atoms with Crippen LogP contribution in [0.15, 0.2) is 0 Å². The first-order valence-electron chi connectivity index (χ1n) is 6.77. The molecule has 0 radical (unpaired) electrons. The van der Waals surface area contributed by atoms with Crippen LogP contribution in [0.5, 0.6) is 0 Å². The summed E-state index contributed by atoms with van der Waals surface area (Å²) in [5.74, 6) is 1.89. The standard InChI is InChI=1S/C13H21NO2S/c1-2-16-11-6-13(17-7-11)8-14(9-13)12(15)10-4-3-5-10/h10-11H,2-9H2,1H3. The van der Waals surface area contributed by atoms with Gasteiger partial charge in [0.1, 0.15) is 0 Å². The second kappa shape index (κ2) is 4.47. The fourth-order valence-corrected chi connectivity index (χ4v) is 4.64. The Labute approximate surface area is 107 Å². The summed E-state index contributed by atoms with van der Waals surface area (Å²) in [7, 11) is 0. The molecule has 2 saturated heterocycles. The Balaban J connectivity index is 1.49. The number of hydrogen-bond acceptors (Lipinski definition) is 3. The number of rotatable bonds is 3. The largest absolute Gasteiger partial charge is 0.378 e. The third-order valence-electron chi connectivity index (χ3n) is 4.30. The van der Waals surface area contributed by atoms with E-state index < -0.39 is 0 Å². The summed E-state index contributed by atoms with van der Waals surface area (Å²) < 4.78 is 6.03. The van der Waals surface area contributed by atoms with Crippen molar-refractivity contribution < 1.29 is 9.53 Å². The lowest BCUT2D eigenvalue weighted by atomic mass is 9.82. The SMILES string of the molecule is CCOC1CSC2(C1)CN(C(=O)C1CCC1)C2. The molecular formula is C13H21NO2S. The summed E-state index contributed by atoms with van der Waals surface area (Å²) in [6, 6.07) is 0. The molecule has 1 spiro atoms. The lowest BCUT2D eigenvalue weighted by Crippen LogP contribution is -2.62. The van der Waals surface area contributed by atoms with Crippen LogP contribution in [0.25, 0.3) is 0 Å². The van der Waals surface area contributed by atoms with Gasteiger partial charge < -0.3 is 9.64 Å². The smallest absolute Gasteiger partial charge is 0.225 e. The normalized spacial score (nSPS) is 31.4. The van der Waals surface area contributed by atoms with Crippen LogP contribution in [0.1, 0.15) is 32.6 Å². The first-order valence-corrected chi connectivity index (χ1v) is 7.75. The van der Waals surface area contributed by atoms with Gasteiger partial charge in [0.15, 0.2) is 0 Å². The van der Waals surface area contributed by atoms with Crippen molar-refractivity contribution in [2.75, 3.05) is 25.4 Å². The highest BCUT2D eigenvalue weighted by molar-refractivity contribution is 8.01. The van der Waals surface area contributed by atoms with E-state index in [4.69, 9.17) is 4.74 Å². The molecule has 2 heterocycles. The van der Waals surface area contributed by atoms with Crippen LogP contribution in [0, 0.1) is 5.92 Å². The molecule has 17 heavy (non-hydrogen) atoms. The number of nitrogens with zero attached hydrogens (tertiary/aromatic N) is 1. The lowest BCUT2D eigenvalue weighted by molar-refractivity contribution is -0.143. The summed E-state index contributed by atoms with van der Waals surface area (Å²) in [5, 5.41) is 0. The van der Waals surface area contributed by atoms with E-state index in [0.717, 1.165) is 44.7 Å². The van der Waals surface area contributed by atoms with Crippen LogP contribution >= 0.6 is 11.8 Å². The third-order valence-corrected chi connectivity index (χ3v) is 5.88. The van der Waals surface area contributed by atoms with E-state index in [1.807, 2.05) is 11.8 Å². The molecule has 0 aromatic heterocycles. The van der Waals surface area contributed by atoms with Gasteiger partial charge in [-0.1, -0.05) is 6.42 Å². The van der Waals surface area contributed by atoms with E-state index in [-0.39, 0.29) is 0 Å². The minimum atomic E-state index is 0.346. The molecule has 1 amide bonds. The van der Waals surface area contributed by atoms with E-state index in [0.29, 0.717) is 22.7 Å². The van der Waals surface area contributed by atoms with Crippen molar-refractivity contribution >= 4 is 17.7 Å². The molecule has 3 nitrogen and oxygen atoms in total. The van der Waals surface area contributed by atoms with Crippen molar-refractivity contribution in [2.24, 2.45) is 5.92 Å². The molecule has 1 aliphatic carbocycles. The first-order chi connectivity index (χ1) is 8.22. The Morgan fingerprint density at radius 2 is 2.24 bits per heavy atom. The topological polar surface area (TPSA) is 29.5 Å². The van der Waals surface area contributed by atoms with Crippen LogP contribution in [0.2, 0.25) is 0 Å². The maximum absolute atomic E-state index is 12.0. The number of carbonyl (C=O) groups excluding carboxylic acids is 1. The van der Waals surface area contributed by atoms with Crippen molar-refractivity contribution in [3.63, 3.8) is 0 Å². The molecule has 3 fully saturated rings. The predicted octanol–water partition coefficient (Wildman–Crippen LogP) is 1.91. The zero-order chi connectivity index (χ0) is 11.9. The zero-order valence-corrected chi connectivity index (χ0v) is 11.3. The van der Waals surface area contributed by atoms with E-state index in [1.54, 1.807) is 0 Å². The number of likely N-dealkylation sites (tertiary alicyclic amines) is 1. The van der Waals surface area contributed by atoms with Crippen molar-refractivity contribution in [3.8, 4) is 0 Å². The predicted molar refractivity (Wildman–Crippen MR) is 69.1 cm³/mol. The highest BCUT2D eigenvalue weighted by Gasteiger charge is 2.51. The summed E-state index contributed by atoms with van der Waals surface area (Å²) in [4.78, 5) is 14.1. The van der Waals surface area contributed by atoms with Crippen molar-refractivity contribution in [1.82, 2.24) is 4.90 Å². The average Bonchev–Trinajstić information content (AvgIpc) is 2.57. The maximum Gasteiger partial charge on any atom is 0.225 e. The second-order valence-corrected chi connectivity index (χ2v) is 7.09. The Morgan fingerprint density at radius 1 is 1.47 bits per heavy atom. The zero-order valence-electron chi connectivity index (χ0n) is 10.5. The summed E-state index contributed by atoms with van der Waals surface area (Å²) in [6.07, 6.45) is 5.05. The highest BCUT2D eigenvalue weighted by atomic mass is 32.2. The molecule has 1 unspecified atom stereocenters. The van der Waals surface area contributed by atoms with Crippen LogP contribution in [-0.2, 0) is 9.53 Å². The number of thioether (sulfide) groups is 1. The quantitative estimate of drug-likeness (QED) is 0.771. The lowest BCUT2D eigenvalue weighted by Gasteiger charge is -2.49. The van der Waals surface area contributed by atoms with Gasteiger partial charge in [-0.05, 0) is 26.2 Å². The van der Waals surface area contributed by atoms with Gasteiger partial charge in [0.25, 0.3) is 0 Å². The van der Waals surface area contributed by atoms with E-state index in [9.17, 15) is 4.79 Å². The first kappa shape index (κ1) is 11.8. The Bertz CT molecular complexity index is 311. The second-order valence-electron chi connectivity index (χ2n) is 5.60. The molecule has 96 valence electrons. The molecule has 0 bridgehead atoms. The average molecular weight is 255 g/mol. The number of carbonyl (C=O) groups is 1. The molecule has 0 aromatic rings. The van der Waals surface area contributed by atoms with E-state index in [2.05, 4.69) is 11.8 Å². The monoisotopic (exact) mass is 255 g/mol. The summed E-state index contributed by atoms with van der Waals surface area (Å²) >= 11 is 2.02. The Morgan fingerprint density at radius 3 is 2.82 bits per heavy atom. The molecule has 0 N–H and O–H groups in total. The molecule has 3 aliphatic rings. The van der Waals surface area contributed by atoms with E-state index in [1.165, 1.54) is 6.42 Å². The Hall–Kier alpha value is -0.220. The fraction of sp³-hybridized carbons (Fsp3) is 0.923. The van der Waals surface area contributed by atoms with Gasteiger partial charge >= 0.3 is 0 Å². The van der Waals surface area contributed by atoms with Crippen LogP contribution in [0.3, 0.4) is 0 Å². The van der Waals surface area contributed by atoms with Gasteiger partial charge in [-0.3, -0.25) is 4.79 Å². The van der Waals surface area contributed by atoms with Crippen LogP contribution in [-0.4, -0.2) is 47.1 Å². The Kier molecular flexibility index (Phi) is 3.11. The molecule has 3 rings (SSSR count). The molecular weight excluding hydrogens is 234 g/mol. The van der Waals surface area contributed by atoms with Crippen molar-refractivity contribution in [1.29, 1.82) is 0 Å². The number of hydrogen-bond donors (Lipinski definition) is 0. The van der Waals surface area contributed by atoms with Gasteiger partial charge in [0.2, 0.25) is 5.91 Å². The molecule has 1 saturated carbocycles. The minimum absolute atomic E-state index is 0.346. The minimum Gasteiger partial charge on any atom is -0.378 e. The highest BCUT2D eigenvalue weighted by Crippen LogP contribution is 2.47. The van der Waals surface area contributed by atoms with Gasteiger partial charge in [-0.2, -0.15) is 0 Å². The van der Waals surface area contributed by atoms with Crippen molar-refractivity contribution in [3.05, 3.63) is 0 Å². The van der Waals surface area contributed by atoms with Gasteiger partial charge in [0.05, 0.1) is 10.9 Å². The molecule has 1 atom stereocenters. The third kappa shape index (κ3) is 2.10. The van der Waals surface area contributed by atoms with Crippen LogP contribution < -0.4 is 0 Å².